The summed E-state index contributed by atoms with van der Waals surface area (Å²) in [6.45, 7) is 3.21. The van der Waals surface area contributed by atoms with Gasteiger partial charge in [0.2, 0.25) is 5.91 Å². The van der Waals surface area contributed by atoms with Crippen molar-refractivity contribution in [1.29, 1.82) is 0 Å². The van der Waals surface area contributed by atoms with Crippen molar-refractivity contribution in [2.45, 2.75) is 6.04 Å². The summed E-state index contributed by atoms with van der Waals surface area (Å²) >= 11 is 0. The van der Waals surface area contributed by atoms with Crippen LogP contribution < -0.4 is 11.5 Å². The number of primary amides is 1. The molecule has 0 saturated carbocycles. The van der Waals surface area contributed by atoms with Crippen LogP contribution in [0.4, 0.5) is 0 Å². The Labute approximate surface area is 47.7 Å². The van der Waals surface area contributed by atoms with Crippen molar-refractivity contribution in [3.63, 3.8) is 0 Å². The lowest BCUT2D eigenvalue weighted by molar-refractivity contribution is -0.118. The standard InChI is InChI=1S/C5H8N2O/c1-2-3-4(6)5(7)8/h3-4H,1,6H2,(H2,7,8). The summed E-state index contributed by atoms with van der Waals surface area (Å²) < 4.78 is 0. The van der Waals surface area contributed by atoms with Gasteiger partial charge in [-0.3, -0.25) is 4.79 Å². The summed E-state index contributed by atoms with van der Waals surface area (Å²) in [7, 11) is 0. The Morgan fingerprint density at radius 1 is 1.88 bits per heavy atom. The number of hydrogen-bond acceptors (Lipinski definition) is 2. The molecule has 0 aliphatic heterocycles. The van der Waals surface area contributed by atoms with Gasteiger partial charge in [-0.2, -0.15) is 0 Å². The maximum Gasteiger partial charge on any atom is 0.238 e. The van der Waals surface area contributed by atoms with E-state index in [4.69, 9.17) is 11.5 Å². The summed E-state index contributed by atoms with van der Waals surface area (Å²) in [6, 6.07) is -0.743. The molecule has 0 aromatic heterocycles. The van der Waals surface area contributed by atoms with Crippen molar-refractivity contribution in [2.24, 2.45) is 11.5 Å². The van der Waals surface area contributed by atoms with Crippen molar-refractivity contribution in [2.75, 3.05) is 0 Å². The van der Waals surface area contributed by atoms with Crippen LogP contribution in [-0.4, -0.2) is 11.9 Å². The highest BCUT2D eigenvalue weighted by Gasteiger charge is 2.00. The molecule has 0 aliphatic rings. The number of carbonyl (C=O) groups excluding carboxylic acids is 1. The third-order valence-electron chi connectivity index (χ3n) is 0.626. The molecule has 0 radical (unpaired) electrons. The minimum absolute atomic E-state index is 0.568. The second kappa shape index (κ2) is 3.02. The minimum Gasteiger partial charge on any atom is -0.368 e. The van der Waals surface area contributed by atoms with Crippen molar-refractivity contribution in [1.82, 2.24) is 0 Å². The van der Waals surface area contributed by atoms with Gasteiger partial charge in [0.05, 0.1) is 0 Å². The van der Waals surface area contributed by atoms with Crippen LogP contribution in [-0.2, 0) is 4.79 Å². The highest BCUT2D eigenvalue weighted by atomic mass is 16.1. The van der Waals surface area contributed by atoms with Crippen molar-refractivity contribution in [3.05, 3.63) is 18.4 Å². The quantitative estimate of drug-likeness (QED) is 0.456. The van der Waals surface area contributed by atoms with Crippen LogP contribution in [0, 0.1) is 0 Å². The molecule has 3 nitrogen and oxygen atoms in total. The van der Waals surface area contributed by atoms with Gasteiger partial charge < -0.3 is 11.5 Å². The van der Waals surface area contributed by atoms with E-state index in [1.54, 1.807) is 0 Å². The predicted octanol–water partition coefficient (Wildman–Crippen LogP) is -0.860. The van der Waals surface area contributed by atoms with Gasteiger partial charge >= 0.3 is 0 Å². The third kappa shape index (κ3) is 2.18. The van der Waals surface area contributed by atoms with E-state index < -0.39 is 11.9 Å². The summed E-state index contributed by atoms with van der Waals surface area (Å²) in [6.07, 6.45) is 1.31. The van der Waals surface area contributed by atoms with Gasteiger partial charge in [-0.05, 0) is 6.08 Å². The fourth-order valence-corrected chi connectivity index (χ4v) is 0.209. The van der Waals surface area contributed by atoms with E-state index in [2.05, 4.69) is 12.3 Å². The average Bonchev–Trinajstić information content (AvgIpc) is 1.67. The molecular formula is C5H8N2O. The zero-order chi connectivity index (χ0) is 6.57. The average molecular weight is 112 g/mol. The second-order valence-corrected chi connectivity index (χ2v) is 1.30. The van der Waals surface area contributed by atoms with E-state index >= 15 is 0 Å². The summed E-state index contributed by atoms with van der Waals surface area (Å²) in [5.74, 6) is -0.568. The van der Waals surface area contributed by atoms with Crippen LogP contribution in [0.15, 0.2) is 18.4 Å². The fraction of sp³-hybridized carbons (Fsp3) is 0.200. The Balaban J connectivity index is 3.82. The Kier molecular flexibility index (Phi) is 2.62. The van der Waals surface area contributed by atoms with Crippen LogP contribution >= 0.6 is 0 Å². The van der Waals surface area contributed by atoms with Crippen molar-refractivity contribution in [3.8, 4) is 0 Å². The molecule has 0 spiro atoms. The first kappa shape index (κ1) is 6.95. The van der Waals surface area contributed by atoms with Crippen LogP contribution in [0.1, 0.15) is 0 Å². The Morgan fingerprint density at radius 2 is 2.38 bits per heavy atom. The number of rotatable bonds is 2. The summed E-state index contributed by atoms with van der Waals surface area (Å²) in [5.41, 5.74) is 12.2. The van der Waals surface area contributed by atoms with Gasteiger partial charge in [-0.15, -0.1) is 5.73 Å². The van der Waals surface area contributed by atoms with E-state index in [9.17, 15) is 4.79 Å². The molecule has 1 atom stereocenters. The smallest absolute Gasteiger partial charge is 0.238 e. The molecule has 0 rings (SSSR count). The number of carbonyl (C=O) groups is 1. The van der Waals surface area contributed by atoms with Crippen LogP contribution in [0.2, 0.25) is 0 Å². The van der Waals surface area contributed by atoms with Crippen LogP contribution in [0.5, 0.6) is 0 Å². The zero-order valence-electron chi connectivity index (χ0n) is 4.42. The number of nitrogens with two attached hydrogens (primary N) is 2. The van der Waals surface area contributed by atoms with Crippen LogP contribution in [0.25, 0.3) is 0 Å². The van der Waals surface area contributed by atoms with E-state index in [0.717, 1.165) is 0 Å². The lowest BCUT2D eigenvalue weighted by atomic mass is 10.3. The monoisotopic (exact) mass is 112 g/mol. The van der Waals surface area contributed by atoms with Crippen molar-refractivity contribution >= 4 is 5.91 Å². The van der Waals surface area contributed by atoms with Gasteiger partial charge in [0.1, 0.15) is 6.04 Å². The van der Waals surface area contributed by atoms with E-state index in [0.29, 0.717) is 0 Å². The van der Waals surface area contributed by atoms with Gasteiger partial charge in [-0.25, -0.2) is 0 Å². The minimum atomic E-state index is -0.743. The molecule has 44 valence electrons. The predicted molar refractivity (Wildman–Crippen MR) is 30.9 cm³/mol. The molecule has 0 aliphatic carbocycles. The fourth-order valence-electron chi connectivity index (χ4n) is 0.209. The molecule has 1 unspecified atom stereocenters. The molecule has 0 bridgehead atoms. The molecule has 0 saturated heterocycles. The Hall–Kier alpha value is -1.05. The first-order chi connectivity index (χ1) is 3.68. The molecule has 1 amide bonds. The second-order valence-electron chi connectivity index (χ2n) is 1.30. The molecule has 0 fully saturated rings. The first-order valence-corrected chi connectivity index (χ1v) is 2.09. The van der Waals surface area contributed by atoms with E-state index in [1.807, 2.05) is 0 Å². The normalized spacial score (nSPS) is 11.6. The number of amides is 1. The Morgan fingerprint density at radius 3 is 2.50 bits per heavy atom. The zero-order valence-corrected chi connectivity index (χ0v) is 4.42. The highest BCUT2D eigenvalue weighted by Crippen LogP contribution is 1.73. The topological polar surface area (TPSA) is 69.1 Å². The van der Waals surface area contributed by atoms with Crippen LogP contribution in [0.3, 0.4) is 0 Å². The third-order valence-corrected chi connectivity index (χ3v) is 0.626. The van der Waals surface area contributed by atoms with Gasteiger partial charge in [-0.1, -0.05) is 6.58 Å². The number of hydrogen-bond donors (Lipinski definition) is 2. The molecule has 0 aromatic carbocycles. The SMILES string of the molecule is C=C=CC(N)C(N)=O. The largest absolute Gasteiger partial charge is 0.368 e. The summed E-state index contributed by atoms with van der Waals surface area (Å²) in [4.78, 5) is 10.1. The van der Waals surface area contributed by atoms with Gasteiger partial charge in [0.25, 0.3) is 0 Å². The first-order valence-electron chi connectivity index (χ1n) is 2.09. The van der Waals surface area contributed by atoms with Gasteiger partial charge in [0.15, 0.2) is 0 Å². The van der Waals surface area contributed by atoms with E-state index in [1.165, 1.54) is 6.08 Å². The molecule has 8 heavy (non-hydrogen) atoms. The Bertz CT molecular complexity index is 133. The van der Waals surface area contributed by atoms with Gasteiger partial charge in [0, 0.05) is 0 Å². The maximum absolute atomic E-state index is 10.1. The molecule has 0 heterocycles. The molecule has 4 N–H and O–H groups in total. The van der Waals surface area contributed by atoms with E-state index in [-0.39, 0.29) is 0 Å². The molecule has 0 aromatic rings. The molecule has 3 heteroatoms. The molecular weight excluding hydrogens is 104 g/mol. The lowest BCUT2D eigenvalue weighted by Crippen LogP contribution is -2.34. The highest BCUT2D eigenvalue weighted by molar-refractivity contribution is 5.81. The maximum atomic E-state index is 10.1. The van der Waals surface area contributed by atoms with Crippen molar-refractivity contribution < 1.29 is 4.79 Å². The summed E-state index contributed by atoms with van der Waals surface area (Å²) in [5, 5.41) is 0. The lowest BCUT2D eigenvalue weighted by Gasteiger charge is -1.94.